The molecule has 0 N–H and O–H groups in total. The van der Waals surface area contributed by atoms with Gasteiger partial charge in [-0.2, -0.15) is 0 Å². The van der Waals surface area contributed by atoms with Crippen molar-refractivity contribution in [2.24, 2.45) is 0 Å². The number of carbonyl (C=O) groups is 1. The molecule has 88 valence electrons. The van der Waals surface area contributed by atoms with Gasteiger partial charge in [0, 0.05) is 13.3 Å². The highest BCUT2D eigenvalue weighted by Crippen LogP contribution is 2.17. The zero-order chi connectivity index (χ0) is 12.3. The largest absolute Gasteiger partial charge is 0.497 e. The fraction of sp³-hybridized carbons (Fsp3) is 0.214. The van der Waals surface area contributed by atoms with E-state index in [1.807, 2.05) is 30.3 Å². The molecule has 1 aromatic carbocycles. The number of Topliss-reactive ketones (excluding diaryl/α,β-unsaturated/α-hetero) is 1. The van der Waals surface area contributed by atoms with Crippen LogP contribution in [0.1, 0.15) is 28.8 Å². The molecule has 0 bridgehead atoms. The third-order valence-corrected chi connectivity index (χ3v) is 2.52. The van der Waals surface area contributed by atoms with E-state index in [9.17, 15) is 4.79 Å². The molecule has 0 aliphatic rings. The van der Waals surface area contributed by atoms with Gasteiger partial charge in [-0.05, 0) is 29.8 Å². The zero-order valence-corrected chi connectivity index (χ0v) is 9.90. The van der Waals surface area contributed by atoms with E-state index >= 15 is 0 Å². The van der Waals surface area contributed by atoms with Crippen molar-refractivity contribution in [2.45, 2.75) is 13.3 Å². The van der Waals surface area contributed by atoms with Crippen molar-refractivity contribution in [1.82, 2.24) is 0 Å². The Morgan fingerprint density at radius 2 is 2.12 bits per heavy atom. The lowest BCUT2D eigenvalue weighted by Gasteiger charge is -2.02. The van der Waals surface area contributed by atoms with E-state index in [4.69, 9.17) is 9.15 Å². The smallest absolute Gasteiger partial charge is 0.194 e. The molecule has 0 radical (unpaired) electrons. The summed E-state index contributed by atoms with van der Waals surface area (Å²) in [5, 5.41) is 0. The van der Waals surface area contributed by atoms with Crippen LogP contribution in [0.25, 0.3) is 0 Å². The molecular weight excluding hydrogens is 216 g/mol. The average molecular weight is 230 g/mol. The summed E-state index contributed by atoms with van der Waals surface area (Å²) in [5.74, 6) is 1.95. The molecule has 0 aliphatic carbocycles. The fourth-order valence-corrected chi connectivity index (χ4v) is 1.65. The van der Waals surface area contributed by atoms with Crippen LogP contribution in [0.4, 0.5) is 0 Å². The zero-order valence-electron chi connectivity index (χ0n) is 9.90. The van der Waals surface area contributed by atoms with Gasteiger partial charge in [0.1, 0.15) is 11.5 Å². The second kappa shape index (κ2) is 4.87. The topological polar surface area (TPSA) is 39.4 Å². The van der Waals surface area contributed by atoms with Crippen LogP contribution >= 0.6 is 0 Å². The molecule has 0 saturated carbocycles. The lowest BCUT2D eigenvalue weighted by Crippen LogP contribution is -1.89. The average Bonchev–Trinajstić information content (AvgIpc) is 2.78. The van der Waals surface area contributed by atoms with Crippen LogP contribution in [0, 0.1) is 0 Å². The molecule has 0 aliphatic heterocycles. The van der Waals surface area contributed by atoms with Crippen molar-refractivity contribution >= 4 is 5.78 Å². The number of hydrogen-bond donors (Lipinski definition) is 0. The number of ether oxygens (including phenoxy) is 1. The highest BCUT2D eigenvalue weighted by molar-refractivity contribution is 5.91. The van der Waals surface area contributed by atoms with E-state index < -0.39 is 0 Å². The Kier molecular flexibility index (Phi) is 3.28. The van der Waals surface area contributed by atoms with Gasteiger partial charge in [0.2, 0.25) is 0 Å². The highest BCUT2D eigenvalue weighted by Gasteiger charge is 2.07. The molecule has 1 heterocycles. The summed E-state index contributed by atoms with van der Waals surface area (Å²) in [5.41, 5.74) is 1.09. The lowest BCUT2D eigenvalue weighted by atomic mass is 10.1. The maximum Gasteiger partial charge on any atom is 0.194 e. The van der Waals surface area contributed by atoms with Gasteiger partial charge in [-0.25, -0.2) is 0 Å². The van der Waals surface area contributed by atoms with E-state index in [1.165, 1.54) is 6.92 Å². The van der Waals surface area contributed by atoms with E-state index in [1.54, 1.807) is 13.2 Å². The maximum atomic E-state index is 11.1. The number of rotatable bonds is 4. The SMILES string of the molecule is COc1cccc(Cc2ccc(C(C)=O)o2)c1. The number of benzene rings is 1. The minimum atomic E-state index is -0.0538. The van der Waals surface area contributed by atoms with E-state index in [2.05, 4.69) is 0 Å². The molecule has 2 aromatic rings. The van der Waals surface area contributed by atoms with Crippen molar-refractivity contribution in [3.05, 3.63) is 53.5 Å². The van der Waals surface area contributed by atoms with Gasteiger partial charge in [-0.1, -0.05) is 12.1 Å². The van der Waals surface area contributed by atoms with Crippen molar-refractivity contribution in [3.63, 3.8) is 0 Å². The first-order valence-corrected chi connectivity index (χ1v) is 5.41. The van der Waals surface area contributed by atoms with Gasteiger partial charge in [-0.3, -0.25) is 4.79 Å². The van der Waals surface area contributed by atoms with E-state index in [-0.39, 0.29) is 5.78 Å². The van der Waals surface area contributed by atoms with Crippen LogP contribution in [-0.2, 0) is 6.42 Å². The summed E-state index contributed by atoms with van der Waals surface area (Å²) in [4.78, 5) is 11.1. The molecule has 1 aromatic heterocycles. The van der Waals surface area contributed by atoms with Crippen LogP contribution in [0.15, 0.2) is 40.8 Å². The predicted molar refractivity (Wildman–Crippen MR) is 64.5 cm³/mol. The molecule has 3 heteroatoms. The molecule has 0 amide bonds. The van der Waals surface area contributed by atoms with Crippen molar-refractivity contribution < 1.29 is 13.9 Å². The van der Waals surface area contributed by atoms with Crippen molar-refractivity contribution in [3.8, 4) is 5.75 Å². The summed E-state index contributed by atoms with van der Waals surface area (Å²) in [7, 11) is 1.64. The second-order valence-electron chi connectivity index (χ2n) is 3.85. The van der Waals surface area contributed by atoms with Crippen LogP contribution in [0.5, 0.6) is 5.75 Å². The van der Waals surface area contributed by atoms with Crippen LogP contribution in [0.2, 0.25) is 0 Å². The minimum Gasteiger partial charge on any atom is -0.497 e. The summed E-state index contributed by atoms with van der Waals surface area (Å²) < 4.78 is 10.6. The highest BCUT2D eigenvalue weighted by atomic mass is 16.5. The Bertz CT molecular complexity index is 526. The maximum absolute atomic E-state index is 11.1. The quantitative estimate of drug-likeness (QED) is 0.758. The Hall–Kier alpha value is -2.03. The number of carbonyl (C=O) groups excluding carboxylic acids is 1. The molecule has 0 spiro atoms. The fourth-order valence-electron chi connectivity index (χ4n) is 1.65. The van der Waals surface area contributed by atoms with Crippen molar-refractivity contribution in [2.75, 3.05) is 7.11 Å². The lowest BCUT2D eigenvalue weighted by molar-refractivity contribution is 0.0985. The summed E-state index contributed by atoms with van der Waals surface area (Å²) in [6.45, 7) is 1.49. The number of methoxy groups -OCH3 is 1. The molecule has 0 atom stereocenters. The van der Waals surface area contributed by atoms with Gasteiger partial charge >= 0.3 is 0 Å². The molecule has 0 saturated heterocycles. The Morgan fingerprint density at radius 3 is 2.76 bits per heavy atom. The third-order valence-electron chi connectivity index (χ3n) is 2.52. The van der Waals surface area contributed by atoms with E-state index in [0.717, 1.165) is 17.1 Å². The van der Waals surface area contributed by atoms with Gasteiger partial charge in [-0.15, -0.1) is 0 Å². The predicted octanol–water partition coefficient (Wildman–Crippen LogP) is 3.08. The van der Waals surface area contributed by atoms with Crippen LogP contribution in [0.3, 0.4) is 0 Å². The molecule has 3 nitrogen and oxygen atoms in total. The molecule has 2 rings (SSSR count). The first-order valence-electron chi connectivity index (χ1n) is 5.41. The van der Waals surface area contributed by atoms with Crippen LogP contribution < -0.4 is 4.74 Å². The standard InChI is InChI=1S/C14H14O3/c1-10(15)14-7-6-13(17-14)9-11-4-3-5-12(8-11)16-2/h3-8H,9H2,1-2H3. The minimum absolute atomic E-state index is 0.0538. The number of ketones is 1. The first-order chi connectivity index (χ1) is 8.19. The van der Waals surface area contributed by atoms with Crippen LogP contribution in [-0.4, -0.2) is 12.9 Å². The molecule has 0 fully saturated rings. The number of furan rings is 1. The van der Waals surface area contributed by atoms with Gasteiger partial charge in [0.05, 0.1) is 7.11 Å². The summed E-state index contributed by atoms with van der Waals surface area (Å²) in [6.07, 6.45) is 0.657. The normalized spacial score (nSPS) is 10.2. The third kappa shape index (κ3) is 2.75. The molecule has 0 unspecified atom stereocenters. The van der Waals surface area contributed by atoms with Gasteiger partial charge in [0.15, 0.2) is 11.5 Å². The molecular formula is C14H14O3. The number of hydrogen-bond acceptors (Lipinski definition) is 3. The first kappa shape index (κ1) is 11.5. The Balaban J connectivity index is 2.16. The Labute approximate surface area is 100 Å². The molecule has 17 heavy (non-hydrogen) atoms. The monoisotopic (exact) mass is 230 g/mol. The van der Waals surface area contributed by atoms with Gasteiger partial charge < -0.3 is 9.15 Å². The van der Waals surface area contributed by atoms with Gasteiger partial charge in [0.25, 0.3) is 0 Å². The summed E-state index contributed by atoms with van der Waals surface area (Å²) >= 11 is 0. The second-order valence-corrected chi connectivity index (χ2v) is 3.85. The Morgan fingerprint density at radius 1 is 1.29 bits per heavy atom. The summed E-state index contributed by atoms with van der Waals surface area (Å²) in [6, 6.07) is 11.3. The van der Waals surface area contributed by atoms with Crippen molar-refractivity contribution in [1.29, 1.82) is 0 Å². The van der Waals surface area contributed by atoms with E-state index in [0.29, 0.717) is 12.2 Å².